The molecule has 0 N–H and O–H groups in total. The first-order valence-corrected chi connectivity index (χ1v) is 10.1. The molecule has 1 aromatic heterocycles. The Bertz CT molecular complexity index is 877. The van der Waals surface area contributed by atoms with Crippen LogP contribution in [-0.2, 0) is 10.0 Å². The summed E-state index contributed by atoms with van der Waals surface area (Å²) in [6.45, 7) is 7.85. The molecule has 0 unspecified atom stereocenters. The average molecular weight is 378 g/mol. The number of rotatable bonds is 4. The molecule has 2 heterocycles. The summed E-state index contributed by atoms with van der Waals surface area (Å²) in [5.41, 5.74) is 0.903. The molecule has 0 atom stereocenters. The minimum atomic E-state index is -3.61. The largest absolute Gasteiger partial charge is 0.354 e. The Labute approximate surface area is 153 Å². The lowest BCUT2D eigenvalue weighted by atomic mass is 10.2. The average Bonchev–Trinajstić information content (AvgIpc) is 2.61. The van der Waals surface area contributed by atoms with E-state index >= 15 is 0 Å². The van der Waals surface area contributed by atoms with Crippen molar-refractivity contribution < 1.29 is 12.8 Å². The lowest BCUT2D eigenvalue weighted by molar-refractivity contribution is 0.383. The van der Waals surface area contributed by atoms with E-state index < -0.39 is 15.8 Å². The molecule has 0 spiro atoms. The van der Waals surface area contributed by atoms with E-state index in [1.54, 1.807) is 0 Å². The molecule has 0 amide bonds. The van der Waals surface area contributed by atoms with Crippen LogP contribution in [0.1, 0.15) is 31.3 Å². The van der Waals surface area contributed by atoms with Gasteiger partial charge in [-0.2, -0.15) is 4.31 Å². The van der Waals surface area contributed by atoms with Crippen LogP contribution >= 0.6 is 0 Å². The number of aromatic nitrogens is 2. The molecule has 0 radical (unpaired) electrons. The fourth-order valence-electron chi connectivity index (χ4n) is 2.91. The predicted molar refractivity (Wildman–Crippen MR) is 98.2 cm³/mol. The lowest BCUT2D eigenvalue weighted by Gasteiger charge is -2.35. The quantitative estimate of drug-likeness (QED) is 0.818. The highest BCUT2D eigenvalue weighted by molar-refractivity contribution is 7.89. The molecule has 1 aliphatic rings. The van der Waals surface area contributed by atoms with E-state index in [9.17, 15) is 12.8 Å². The number of anilines is 1. The molecule has 140 valence electrons. The fourth-order valence-corrected chi connectivity index (χ4v) is 4.33. The number of benzene rings is 1. The predicted octanol–water partition coefficient (Wildman–Crippen LogP) is 2.56. The zero-order chi connectivity index (χ0) is 18.9. The summed E-state index contributed by atoms with van der Waals surface area (Å²) >= 11 is 0. The summed E-state index contributed by atoms with van der Waals surface area (Å²) < 4.78 is 39.9. The number of sulfonamides is 1. The zero-order valence-corrected chi connectivity index (χ0v) is 16.0. The normalized spacial score (nSPS) is 16.3. The van der Waals surface area contributed by atoms with Crippen molar-refractivity contribution >= 4 is 15.8 Å². The van der Waals surface area contributed by atoms with Gasteiger partial charge < -0.3 is 4.90 Å². The number of aryl methyl sites for hydroxylation is 1. The second-order valence-corrected chi connectivity index (χ2v) is 8.66. The third-order valence-electron chi connectivity index (χ3n) is 4.39. The smallest absolute Gasteiger partial charge is 0.243 e. The molecule has 1 saturated heterocycles. The summed E-state index contributed by atoms with van der Waals surface area (Å²) in [5, 5.41) is 0. The number of nitrogens with zero attached hydrogens (tertiary/aromatic N) is 4. The Morgan fingerprint density at radius 3 is 2.23 bits per heavy atom. The fraction of sp³-hybridized carbons (Fsp3) is 0.444. The Morgan fingerprint density at radius 1 is 1.04 bits per heavy atom. The van der Waals surface area contributed by atoms with E-state index in [4.69, 9.17) is 0 Å². The van der Waals surface area contributed by atoms with Crippen LogP contribution in [-0.4, -0.2) is 48.9 Å². The van der Waals surface area contributed by atoms with Gasteiger partial charge in [0.05, 0.1) is 4.90 Å². The standard InChI is InChI=1S/C18H23FN4O2S/c1-13(2)18-20-14(3)12-17(21-18)22-8-10-23(11-9-22)26(24,25)16-6-4-15(19)5-7-16/h4-7,12-13H,8-11H2,1-3H3. The van der Waals surface area contributed by atoms with E-state index in [0.29, 0.717) is 26.2 Å². The van der Waals surface area contributed by atoms with Gasteiger partial charge in [0.1, 0.15) is 17.5 Å². The van der Waals surface area contributed by atoms with Crippen molar-refractivity contribution in [1.82, 2.24) is 14.3 Å². The Balaban J connectivity index is 1.74. The van der Waals surface area contributed by atoms with Crippen LogP contribution in [0.4, 0.5) is 10.2 Å². The lowest BCUT2D eigenvalue weighted by Crippen LogP contribution is -2.49. The van der Waals surface area contributed by atoms with Gasteiger partial charge in [0.25, 0.3) is 0 Å². The van der Waals surface area contributed by atoms with E-state index in [1.807, 2.05) is 26.8 Å². The van der Waals surface area contributed by atoms with Gasteiger partial charge in [-0.25, -0.2) is 22.8 Å². The molecule has 0 aliphatic carbocycles. The van der Waals surface area contributed by atoms with Crippen molar-refractivity contribution in [3.63, 3.8) is 0 Å². The molecule has 3 rings (SSSR count). The molecule has 0 saturated carbocycles. The molecule has 6 nitrogen and oxygen atoms in total. The first-order valence-electron chi connectivity index (χ1n) is 8.63. The number of piperazine rings is 1. The van der Waals surface area contributed by atoms with Crippen molar-refractivity contribution in [2.45, 2.75) is 31.6 Å². The number of hydrogen-bond acceptors (Lipinski definition) is 5. The van der Waals surface area contributed by atoms with Gasteiger partial charge in [0, 0.05) is 43.9 Å². The summed E-state index contributed by atoms with van der Waals surface area (Å²) in [5.74, 6) is 1.41. The summed E-state index contributed by atoms with van der Waals surface area (Å²) in [6.07, 6.45) is 0. The third kappa shape index (κ3) is 3.86. The highest BCUT2D eigenvalue weighted by Gasteiger charge is 2.29. The second-order valence-electron chi connectivity index (χ2n) is 6.73. The van der Waals surface area contributed by atoms with Gasteiger partial charge in [-0.05, 0) is 31.2 Å². The third-order valence-corrected chi connectivity index (χ3v) is 6.30. The van der Waals surface area contributed by atoms with Crippen molar-refractivity contribution in [2.75, 3.05) is 31.1 Å². The summed E-state index contributed by atoms with van der Waals surface area (Å²) in [6, 6.07) is 6.87. The highest BCUT2D eigenvalue weighted by Crippen LogP contribution is 2.22. The Kier molecular flexibility index (Phi) is 5.24. The first kappa shape index (κ1) is 18.7. The maximum absolute atomic E-state index is 13.1. The van der Waals surface area contributed by atoms with Crippen LogP contribution in [0, 0.1) is 12.7 Å². The van der Waals surface area contributed by atoms with Crippen LogP contribution in [0.25, 0.3) is 0 Å². The van der Waals surface area contributed by atoms with E-state index in [1.165, 1.54) is 28.6 Å². The van der Waals surface area contributed by atoms with E-state index in [2.05, 4.69) is 14.9 Å². The zero-order valence-electron chi connectivity index (χ0n) is 15.2. The minimum absolute atomic E-state index is 0.118. The van der Waals surface area contributed by atoms with Crippen LogP contribution < -0.4 is 4.90 Å². The number of hydrogen-bond donors (Lipinski definition) is 0. The van der Waals surface area contributed by atoms with Crippen molar-refractivity contribution in [2.24, 2.45) is 0 Å². The minimum Gasteiger partial charge on any atom is -0.354 e. The van der Waals surface area contributed by atoms with Gasteiger partial charge >= 0.3 is 0 Å². The van der Waals surface area contributed by atoms with Crippen LogP contribution in [0.3, 0.4) is 0 Å². The van der Waals surface area contributed by atoms with Crippen LogP contribution in [0.2, 0.25) is 0 Å². The first-order chi connectivity index (χ1) is 12.3. The molecule has 1 fully saturated rings. The van der Waals surface area contributed by atoms with Crippen molar-refractivity contribution in [3.05, 3.63) is 47.7 Å². The number of halogens is 1. The van der Waals surface area contributed by atoms with Gasteiger partial charge in [0.2, 0.25) is 10.0 Å². The van der Waals surface area contributed by atoms with Gasteiger partial charge in [-0.1, -0.05) is 13.8 Å². The monoisotopic (exact) mass is 378 g/mol. The Morgan fingerprint density at radius 2 is 1.65 bits per heavy atom. The molecular weight excluding hydrogens is 355 g/mol. The second kappa shape index (κ2) is 7.28. The van der Waals surface area contributed by atoms with Gasteiger partial charge in [-0.15, -0.1) is 0 Å². The molecule has 2 aromatic rings. The van der Waals surface area contributed by atoms with Gasteiger partial charge in [0.15, 0.2) is 0 Å². The van der Waals surface area contributed by atoms with Crippen molar-refractivity contribution in [3.8, 4) is 0 Å². The van der Waals surface area contributed by atoms with Crippen LogP contribution in [0.15, 0.2) is 35.2 Å². The van der Waals surface area contributed by atoms with E-state index in [-0.39, 0.29) is 10.8 Å². The summed E-state index contributed by atoms with van der Waals surface area (Å²) in [4.78, 5) is 11.3. The summed E-state index contributed by atoms with van der Waals surface area (Å²) in [7, 11) is -3.61. The molecule has 1 aromatic carbocycles. The molecule has 0 bridgehead atoms. The van der Waals surface area contributed by atoms with Crippen LogP contribution in [0.5, 0.6) is 0 Å². The maximum atomic E-state index is 13.1. The molecule has 8 heteroatoms. The maximum Gasteiger partial charge on any atom is 0.243 e. The molecule has 26 heavy (non-hydrogen) atoms. The van der Waals surface area contributed by atoms with Gasteiger partial charge in [-0.3, -0.25) is 0 Å². The van der Waals surface area contributed by atoms with E-state index in [0.717, 1.165) is 17.3 Å². The highest BCUT2D eigenvalue weighted by atomic mass is 32.2. The SMILES string of the molecule is Cc1cc(N2CCN(S(=O)(=O)c3ccc(F)cc3)CC2)nc(C(C)C)n1. The molecule has 1 aliphatic heterocycles. The molecular formula is C18H23FN4O2S. The van der Waals surface area contributed by atoms with Crippen molar-refractivity contribution in [1.29, 1.82) is 0 Å². The Hall–Kier alpha value is -2.06. The topological polar surface area (TPSA) is 66.4 Å².